The molecule has 2 heterocycles. The molecule has 6 heteroatoms. The molecule has 0 amide bonds. The van der Waals surface area contributed by atoms with Crippen LogP contribution in [0.4, 0.5) is 4.39 Å². The minimum absolute atomic E-state index is 0.222. The summed E-state index contributed by atoms with van der Waals surface area (Å²) in [6.07, 6.45) is 5.84. The van der Waals surface area contributed by atoms with Gasteiger partial charge in [0.25, 0.3) is 0 Å². The van der Waals surface area contributed by atoms with Crippen LogP contribution in [-0.4, -0.2) is 19.8 Å². The second kappa shape index (κ2) is 8.02. The predicted octanol–water partition coefficient (Wildman–Crippen LogP) is 5.01. The van der Waals surface area contributed by atoms with Crippen molar-refractivity contribution < 1.29 is 9.23 Å². The number of oxime groups is 1. The number of hydrogen-bond donors (Lipinski definition) is 0. The molecule has 2 aromatic carbocycles. The summed E-state index contributed by atoms with van der Waals surface area (Å²) in [5.41, 5.74) is 5.56. The highest BCUT2D eigenvalue weighted by molar-refractivity contribution is 6.13. The maximum atomic E-state index is 13.2. The van der Waals surface area contributed by atoms with Gasteiger partial charge in [0.05, 0.1) is 5.71 Å². The zero-order valence-electron chi connectivity index (χ0n) is 17.8. The van der Waals surface area contributed by atoms with Crippen LogP contribution in [0.3, 0.4) is 0 Å². The fraction of sp³-hybridized carbons (Fsp3) is 0.280. The summed E-state index contributed by atoms with van der Waals surface area (Å²) in [6, 6.07) is 14.8. The van der Waals surface area contributed by atoms with Crippen LogP contribution in [0.2, 0.25) is 0 Å². The number of nitrogens with zero attached hydrogens (tertiary/aromatic N) is 4. The SMILES string of the molecule is Cc1nccn1CC1CCc2c(c3ccccc3n2C)/C1=N/OCc1ccc(F)cc1. The van der Waals surface area contributed by atoms with Crippen molar-refractivity contribution in [2.45, 2.75) is 32.9 Å². The van der Waals surface area contributed by atoms with Crippen LogP contribution in [0.25, 0.3) is 10.9 Å². The van der Waals surface area contributed by atoms with Gasteiger partial charge in [0.15, 0.2) is 0 Å². The molecule has 0 saturated heterocycles. The Labute approximate surface area is 180 Å². The topological polar surface area (TPSA) is 44.3 Å². The van der Waals surface area contributed by atoms with Gasteiger partial charge in [-0.25, -0.2) is 9.37 Å². The molecule has 0 spiro atoms. The molecule has 5 nitrogen and oxygen atoms in total. The molecule has 4 aromatic rings. The number of rotatable bonds is 5. The zero-order chi connectivity index (χ0) is 21.4. The lowest BCUT2D eigenvalue weighted by molar-refractivity contribution is 0.128. The summed E-state index contributed by atoms with van der Waals surface area (Å²) in [6.45, 7) is 3.14. The molecule has 31 heavy (non-hydrogen) atoms. The van der Waals surface area contributed by atoms with Gasteiger partial charge in [-0.05, 0) is 43.5 Å². The van der Waals surface area contributed by atoms with Crippen LogP contribution in [0.5, 0.6) is 0 Å². The van der Waals surface area contributed by atoms with Gasteiger partial charge in [-0.1, -0.05) is 35.5 Å². The Morgan fingerprint density at radius 3 is 2.74 bits per heavy atom. The highest BCUT2D eigenvalue weighted by atomic mass is 19.1. The van der Waals surface area contributed by atoms with E-state index in [-0.39, 0.29) is 11.7 Å². The van der Waals surface area contributed by atoms with Crippen LogP contribution < -0.4 is 0 Å². The van der Waals surface area contributed by atoms with E-state index in [9.17, 15) is 4.39 Å². The molecule has 5 rings (SSSR count). The van der Waals surface area contributed by atoms with E-state index < -0.39 is 0 Å². The first-order valence-electron chi connectivity index (χ1n) is 10.6. The third-order valence-electron chi connectivity index (χ3n) is 6.25. The van der Waals surface area contributed by atoms with Crippen LogP contribution in [-0.2, 0) is 31.5 Å². The summed E-state index contributed by atoms with van der Waals surface area (Å²) in [7, 11) is 2.12. The van der Waals surface area contributed by atoms with Crippen LogP contribution in [0, 0.1) is 18.7 Å². The first kappa shape index (κ1) is 19.5. The Bertz CT molecular complexity index is 1250. The normalized spacial score (nSPS) is 17.3. The number of halogens is 1. The summed E-state index contributed by atoms with van der Waals surface area (Å²) in [5, 5.41) is 5.88. The van der Waals surface area contributed by atoms with Gasteiger partial charge in [-0.3, -0.25) is 0 Å². The van der Waals surface area contributed by atoms with Gasteiger partial charge in [0, 0.05) is 54.1 Å². The van der Waals surface area contributed by atoms with Crippen LogP contribution in [0.1, 0.15) is 29.1 Å². The average molecular weight is 417 g/mol. The van der Waals surface area contributed by atoms with Crippen molar-refractivity contribution >= 4 is 16.6 Å². The summed E-state index contributed by atoms with van der Waals surface area (Å²) < 4.78 is 17.7. The van der Waals surface area contributed by atoms with Gasteiger partial charge in [0.1, 0.15) is 18.2 Å². The fourth-order valence-electron chi connectivity index (χ4n) is 4.57. The zero-order valence-corrected chi connectivity index (χ0v) is 17.8. The van der Waals surface area contributed by atoms with Crippen molar-refractivity contribution in [3.63, 3.8) is 0 Å². The third kappa shape index (κ3) is 3.63. The quantitative estimate of drug-likeness (QED) is 0.430. The van der Waals surface area contributed by atoms with Gasteiger partial charge in [-0.2, -0.15) is 0 Å². The highest BCUT2D eigenvalue weighted by Crippen LogP contribution is 2.35. The molecule has 0 N–H and O–H groups in total. The van der Waals surface area contributed by atoms with E-state index in [0.29, 0.717) is 6.61 Å². The maximum absolute atomic E-state index is 13.2. The molecule has 1 aliphatic carbocycles. The largest absolute Gasteiger partial charge is 0.391 e. The van der Waals surface area contributed by atoms with E-state index in [1.165, 1.54) is 34.3 Å². The predicted molar refractivity (Wildman–Crippen MR) is 119 cm³/mol. The van der Waals surface area contributed by atoms with Crippen molar-refractivity contribution in [1.29, 1.82) is 0 Å². The Kier molecular flexibility index (Phi) is 5.06. The average Bonchev–Trinajstić information content (AvgIpc) is 3.32. The maximum Gasteiger partial charge on any atom is 0.142 e. The smallest absolute Gasteiger partial charge is 0.142 e. The number of hydrogen-bond acceptors (Lipinski definition) is 3. The molecule has 0 saturated carbocycles. The van der Waals surface area contributed by atoms with Crippen molar-refractivity contribution in [2.75, 3.05) is 0 Å². The molecular formula is C25H25FN4O. The minimum Gasteiger partial charge on any atom is -0.391 e. The number of para-hydroxylation sites is 1. The van der Waals surface area contributed by atoms with Crippen LogP contribution >= 0.6 is 0 Å². The number of imidazole rings is 1. The van der Waals surface area contributed by atoms with E-state index in [0.717, 1.165) is 36.5 Å². The monoisotopic (exact) mass is 416 g/mol. The van der Waals surface area contributed by atoms with Gasteiger partial charge in [0.2, 0.25) is 0 Å². The Balaban J connectivity index is 1.53. The molecule has 2 aromatic heterocycles. The molecule has 0 aliphatic heterocycles. The lowest BCUT2D eigenvalue weighted by Gasteiger charge is -2.26. The van der Waals surface area contributed by atoms with E-state index in [4.69, 9.17) is 4.84 Å². The van der Waals surface area contributed by atoms with Crippen molar-refractivity contribution in [2.24, 2.45) is 18.1 Å². The lowest BCUT2D eigenvalue weighted by atomic mass is 9.84. The Morgan fingerprint density at radius 2 is 1.97 bits per heavy atom. The second-order valence-electron chi connectivity index (χ2n) is 8.14. The van der Waals surface area contributed by atoms with E-state index in [1.807, 2.05) is 19.3 Å². The van der Waals surface area contributed by atoms with Crippen LogP contribution in [0.15, 0.2) is 66.1 Å². The van der Waals surface area contributed by atoms with E-state index >= 15 is 0 Å². The number of aromatic nitrogens is 3. The van der Waals surface area contributed by atoms with Crippen molar-refractivity contribution in [3.05, 3.63) is 89.4 Å². The molecule has 1 unspecified atom stereocenters. The third-order valence-corrected chi connectivity index (χ3v) is 6.25. The summed E-state index contributed by atoms with van der Waals surface area (Å²) in [5.74, 6) is 0.966. The Hall–Kier alpha value is -3.41. The first-order chi connectivity index (χ1) is 15.1. The molecular weight excluding hydrogens is 391 g/mol. The number of fused-ring (bicyclic) bond motifs is 3. The molecule has 158 valence electrons. The summed E-state index contributed by atoms with van der Waals surface area (Å²) >= 11 is 0. The molecule has 0 fully saturated rings. The number of benzene rings is 2. The lowest BCUT2D eigenvalue weighted by Crippen LogP contribution is -2.28. The van der Waals surface area contributed by atoms with E-state index in [2.05, 4.69) is 50.6 Å². The molecule has 1 aliphatic rings. The molecule has 1 atom stereocenters. The highest BCUT2D eigenvalue weighted by Gasteiger charge is 2.31. The summed E-state index contributed by atoms with van der Waals surface area (Å²) in [4.78, 5) is 10.2. The molecule has 0 bridgehead atoms. The Morgan fingerprint density at radius 1 is 1.16 bits per heavy atom. The van der Waals surface area contributed by atoms with Gasteiger partial charge in [-0.15, -0.1) is 0 Å². The van der Waals surface area contributed by atoms with Crippen molar-refractivity contribution in [1.82, 2.24) is 14.1 Å². The first-order valence-corrected chi connectivity index (χ1v) is 10.6. The minimum atomic E-state index is -0.251. The number of aryl methyl sites for hydroxylation is 2. The van der Waals surface area contributed by atoms with Gasteiger partial charge < -0.3 is 14.0 Å². The van der Waals surface area contributed by atoms with Crippen molar-refractivity contribution in [3.8, 4) is 0 Å². The molecule has 0 radical (unpaired) electrons. The second-order valence-corrected chi connectivity index (χ2v) is 8.14. The fourth-order valence-corrected chi connectivity index (χ4v) is 4.57. The standard InChI is InChI=1S/C25H25FN4O/c1-17-27-13-14-30(17)15-19-9-12-23-24(21-5-3-4-6-22(21)29(23)2)25(19)28-31-16-18-7-10-20(26)11-8-18/h3-8,10-11,13-14,19H,9,12,15-16H2,1-2H3/b28-25+. The van der Waals surface area contributed by atoms with Gasteiger partial charge >= 0.3 is 0 Å². The van der Waals surface area contributed by atoms with E-state index in [1.54, 1.807) is 12.1 Å².